The van der Waals surface area contributed by atoms with E-state index in [0.717, 1.165) is 0 Å². The van der Waals surface area contributed by atoms with Gasteiger partial charge in [-0.15, -0.1) is 0 Å². The van der Waals surface area contributed by atoms with Crippen LogP contribution in [0.15, 0.2) is 35.9 Å². The van der Waals surface area contributed by atoms with E-state index in [0.29, 0.717) is 5.56 Å². The predicted molar refractivity (Wildman–Crippen MR) is 60.0 cm³/mol. The highest BCUT2D eigenvalue weighted by Crippen LogP contribution is 2.17. The van der Waals surface area contributed by atoms with E-state index >= 15 is 0 Å². The molecule has 0 radical (unpaired) electrons. The molecule has 0 aliphatic carbocycles. The first-order valence-electron chi connectivity index (χ1n) is 4.56. The molecular weight excluding hydrogens is 204 g/mol. The van der Waals surface area contributed by atoms with Crippen LogP contribution in [0.2, 0.25) is 0 Å². The van der Waals surface area contributed by atoms with Crippen molar-refractivity contribution in [1.82, 2.24) is 0 Å². The van der Waals surface area contributed by atoms with Crippen molar-refractivity contribution in [1.29, 1.82) is 10.7 Å². The first-order chi connectivity index (χ1) is 7.57. The number of carbonyl (C=O) groups excluding carboxylic acids is 1. The van der Waals surface area contributed by atoms with E-state index < -0.39 is 11.5 Å². The average molecular weight is 214 g/mol. The summed E-state index contributed by atoms with van der Waals surface area (Å²) in [7, 11) is 0. The fraction of sp³-hybridized carbons (Fsp3) is 0.0833. The molecule has 16 heavy (non-hydrogen) atoms. The molecule has 4 heteroatoms. The smallest absolute Gasteiger partial charge is 0.166 e. The van der Waals surface area contributed by atoms with Crippen LogP contribution >= 0.6 is 0 Å². The molecule has 80 valence electrons. The third-order valence-electron chi connectivity index (χ3n) is 2.00. The van der Waals surface area contributed by atoms with Crippen molar-refractivity contribution in [3.05, 3.63) is 41.5 Å². The van der Waals surface area contributed by atoms with Crippen LogP contribution in [0.1, 0.15) is 12.5 Å². The van der Waals surface area contributed by atoms with Gasteiger partial charge in [-0.3, -0.25) is 10.2 Å². The average Bonchev–Trinajstić information content (AvgIpc) is 2.29. The van der Waals surface area contributed by atoms with Crippen molar-refractivity contribution in [3.8, 4) is 6.07 Å². The van der Waals surface area contributed by atoms with Crippen molar-refractivity contribution in [2.24, 2.45) is 0 Å². The highest BCUT2D eigenvalue weighted by atomic mass is 16.3. The van der Waals surface area contributed by atoms with Crippen LogP contribution in [0, 0.1) is 16.7 Å². The summed E-state index contributed by atoms with van der Waals surface area (Å²) in [6, 6.07) is 9.89. The molecule has 0 unspecified atom stereocenters. The zero-order valence-electron chi connectivity index (χ0n) is 8.69. The van der Waals surface area contributed by atoms with Gasteiger partial charge < -0.3 is 5.11 Å². The number of Topliss-reactive ketones (excluding diaryl/α,β-unsaturated/α-hetero) is 1. The lowest BCUT2D eigenvalue weighted by atomic mass is 10.0. The molecule has 1 rings (SSSR count). The van der Waals surface area contributed by atoms with Crippen LogP contribution in [-0.2, 0) is 4.79 Å². The Balaban J connectivity index is 3.35. The van der Waals surface area contributed by atoms with Crippen molar-refractivity contribution in [2.75, 3.05) is 0 Å². The van der Waals surface area contributed by atoms with Gasteiger partial charge in [-0.2, -0.15) is 5.26 Å². The molecule has 0 aromatic heterocycles. The summed E-state index contributed by atoms with van der Waals surface area (Å²) in [6.07, 6.45) is 0. The van der Waals surface area contributed by atoms with E-state index in [-0.39, 0.29) is 11.3 Å². The zero-order chi connectivity index (χ0) is 12.1. The van der Waals surface area contributed by atoms with Crippen LogP contribution in [0.5, 0.6) is 0 Å². The van der Waals surface area contributed by atoms with Gasteiger partial charge in [0.05, 0.1) is 5.57 Å². The molecule has 0 spiro atoms. The fourth-order valence-corrected chi connectivity index (χ4v) is 1.26. The lowest BCUT2D eigenvalue weighted by Gasteiger charge is -2.05. The SMILES string of the molecule is CC(=O)/C(C(=N)C#N)=C(\O)c1ccccc1. The monoisotopic (exact) mass is 214 g/mol. The zero-order valence-corrected chi connectivity index (χ0v) is 8.69. The number of carbonyl (C=O) groups is 1. The Morgan fingerprint density at radius 2 is 1.94 bits per heavy atom. The van der Waals surface area contributed by atoms with Crippen LogP contribution in [0.4, 0.5) is 0 Å². The molecule has 0 amide bonds. The van der Waals surface area contributed by atoms with Gasteiger partial charge >= 0.3 is 0 Å². The van der Waals surface area contributed by atoms with Crippen LogP contribution in [0.3, 0.4) is 0 Å². The second kappa shape index (κ2) is 4.89. The molecular formula is C12H10N2O2. The van der Waals surface area contributed by atoms with E-state index in [1.807, 2.05) is 0 Å². The number of nitrogens with zero attached hydrogens (tertiary/aromatic N) is 1. The van der Waals surface area contributed by atoms with Gasteiger partial charge in [0.25, 0.3) is 0 Å². The summed E-state index contributed by atoms with van der Waals surface area (Å²) in [5.41, 5.74) is -0.379. The molecule has 0 heterocycles. The Kier molecular flexibility index (Phi) is 3.57. The van der Waals surface area contributed by atoms with Gasteiger partial charge in [-0.1, -0.05) is 30.3 Å². The number of nitriles is 1. The number of benzene rings is 1. The second-order valence-corrected chi connectivity index (χ2v) is 3.13. The number of rotatable bonds is 3. The number of aliphatic hydroxyl groups is 1. The quantitative estimate of drug-likeness (QED) is 0.459. The number of hydrogen-bond acceptors (Lipinski definition) is 4. The third-order valence-corrected chi connectivity index (χ3v) is 2.00. The van der Waals surface area contributed by atoms with Crippen molar-refractivity contribution < 1.29 is 9.90 Å². The fourth-order valence-electron chi connectivity index (χ4n) is 1.26. The van der Waals surface area contributed by atoms with Gasteiger partial charge in [-0.25, -0.2) is 0 Å². The summed E-state index contributed by atoms with van der Waals surface area (Å²) in [5, 5.41) is 25.7. The highest BCUT2D eigenvalue weighted by Gasteiger charge is 2.17. The maximum Gasteiger partial charge on any atom is 0.166 e. The van der Waals surface area contributed by atoms with Gasteiger partial charge in [-0.05, 0) is 6.92 Å². The molecule has 0 aliphatic rings. The van der Waals surface area contributed by atoms with E-state index in [2.05, 4.69) is 0 Å². The van der Waals surface area contributed by atoms with E-state index in [9.17, 15) is 9.90 Å². The predicted octanol–water partition coefficient (Wildman–Crippen LogP) is 2.09. The molecule has 0 saturated carbocycles. The lowest BCUT2D eigenvalue weighted by molar-refractivity contribution is -0.113. The topological polar surface area (TPSA) is 84.9 Å². The summed E-state index contributed by atoms with van der Waals surface area (Å²) in [5.74, 6) is -0.840. The van der Waals surface area contributed by atoms with Gasteiger partial charge in [0, 0.05) is 5.56 Å². The minimum Gasteiger partial charge on any atom is -0.506 e. The van der Waals surface area contributed by atoms with E-state index in [1.165, 1.54) is 6.92 Å². The van der Waals surface area contributed by atoms with Crippen molar-refractivity contribution in [3.63, 3.8) is 0 Å². The highest BCUT2D eigenvalue weighted by molar-refractivity contribution is 6.29. The largest absolute Gasteiger partial charge is 0.506 e. The van der Waals surface area contributed by atoms with Gasteiger partial charge in [0.1, 0.15) is 17.5 Å². The Hall–Kier alpha value is -2.41. The van der Waals surface area contributed by atoms with Crippen molar-refractivity contribution >= 4 is 17.3 Å². The standard InChI is InChI=1S/C12H10N2O2/c1-8(15)11(10(14)7-13)12(16)9-5-3-2-4-6-9/h2-6,14,16H,1H3/b12-11+,14-10?. The Morgan fingerprint density at radius 3 is 2.38 bits per heavy atom. The molecule has 1 aromatic carbocycles. The van der Waals surface area contributed by atoms with Crippen molar-refractivity contribution in [2.45, 2.75) is 6.92 Å². The van der Waals surface area contributed by atoms with Crippen LogP contribution < -0.4 is 0 Å². The molecule has 0 aliphatic heterocycles. The molecule has 0 bridgehead atoms. The third kappa shape index (κ3) is 2.34. The summed E-state index contributed by atoms with van der Waals surface area (Å²) < 4.78 is 0. The number of aliphatic hydroxyl groups excluding tert-OH is 1. The number of nitrogens with one attached hydrogen (secondary N) is 1. The molecule has 0 atom stereocenters. The number of allylic oxidation sites excluding steroid dienone is 1. The number of hydrogen-bond donors (Lipinski definition) is 2. The summed E-state index contributed by atoms with van der Waals surface area (Å²) in [6.45, 7) is 1.21. The summed E-state index contributed by atoms with van der Waals surface area (Å²) in [4.78, 5) is 11.2. The minimum absolute atomic E-state index is 0.256. The van der Waals surface area contributed by atoms with E-state index in [1.54, 1.807) is 36.4 Å². The molecule has 0 fully saturated rings. The second-order valence-electron chi connectivity index (χ2n) is 3.13. The van der Waals surface area contributed by atoms with E-state index in [4.69, 9.17) is 10.7 Å². The lowest BCUT2D eigenvalue weighted by Crippen LogP contribution is -2.10. The maximum atomic E-state index is 11.2. The summed E-state index contributed by atoms with van der Waals surface area (Å²) >= 11 is 0. The Bertz CT molecular complexity index is 496. The molecule has 2 N–H and O–H groups in total. The number of ketones is 1. The molecule has 1 aromatic rings. The first-order valence-corrected chi connectivity index (χ1v) is 4.56. The van der Waals surface area contributed by atoms with Gasteiger partial charge in [0.2, 0.25) is 0 Å². The maximum absolute atomic E-state index is 11.2. The minimum atomic E-state index is -0.533. The van der Waals surface area contributed by atoms with Gasteiger partial charge in [0.15, 0.2) is 5.78 Å². The first kappa shape index (κ1) is 11.7. The molecule has 4 nitrogen and oxygen atoms in total. The van der Waals surface area contributed by atoms with Crippen LogP contribution in [0.25, 0.3) is 5.76 Å². The normalized spacial score (nSPS) is 11.2. The Labute approximate surface area is 93.0 Å². The Morgan fingerprint density at radius 1 is 1.38 bits per heavy atom. The van der Waals surface area contributed by atoms with Crippen LogP contribution in [-0.4, -0.2) is 16.6 Å². The molecule has 0 saturated heterocycles.